The average molecular weight is 242 g/mol. The second kappa shape index (κ2) is 3.73. The number of hydrogen-bond acceptors (Lipinski definition) is 3. The highest BCUT2D eigenvalue weighted by Crippen LogP contribution is 2.24. The zero-order valence-corrected chi connectivity index (χ0v) is 9.62. The molecule has 0 saturated carbocycles. The van der Waals surface area contributed by atoms with E-state index in [1.54, 1.807) is 30.7 Å². The van der Waals surface area contributed by atoms with E-state index in [1.807, 2.05) is 17.7 Å². The molecule has 0 atom stereocenters. The van der Waals surface area contributed by atoms with Crippen LogP contribution in [0.3, 0.4) is 0 Å². The number of benzene rings is 1. The number of aromatic carboxylic acids is 1. The van der Waals surface area contributed by atoms with Crippen LogP contribution in [0.2, 0.25) is 0 Å². The van der Waals surface area contributed by atoms with Gasteiger partial charge in [-0.3, -0.25) is 0 Å². The number of imidazole rings is 1. The molecule has 2 aromatic heterocycles. The van der Waals surface area contributed by atoms with Gasteiger partial charge in [0.15, 0.2) is 0 Å². The molecule has 0 amide bonds. The summed E-state index contributed by atoms with van der Waals surface area (Å²) in [4.78, 5) is 15.4. The SMILES string of the molecule is Cn1c(-c2ccoc2)nc2cc(C(=O)O)ccc21. The van der Waals surface area contributed by atoms with Crippen LogP contribution in [0.25, 0.3) is 22.4 Å². The van der Waals surface area contributed by atoms with Gasteiger partial charge < -0.3 is 14.1 Å². The number of nitrogens with zero attached hydrogens (tertiary/aromatic N) is 2. The number of aryl methyl sites for hydroxylation is 1. The largest absolute Gasteiger partial charge is 0.478 e. The summed E-state index contributed by atoms with van der Waals surface area (Å²) in [5, 5.41) is 8.95. The molecule has 5 nitrogen and oxygen atoms in total. The third-order valence-corrected chi connectivity index (χ3v) is 2.91. The molecule has 0 aliphatic rings. The van der Waals surface area contributed by atoms with E-state index in [9.17, 15) is 4.79 Å². The van der Waals surface area contributed by atoms with Crippen molar-refractivity contribution < 1.29 is 14.3 Å². The molecule has 0 aliphatic heterocycles. The number of carboxylic acids is 1. The normalized spacial score (nSPS) is 10.9. The number of carbonyl (C=O) groups is 1. The van der Waals surface area contributed by atoms with E-state index >= 15 is 0 Å². The van der Waals surface area contributed by atoms with Crippen molar-refractivity contribution in [2.75, 3.05) is 0 Å². The standard InChI is InChI=1S/C13H10N2O3/c1-15-11-3-2-8(13(16)17)6-10(11)14-12(15)9-4-5-18-7-9/h2-7H,1H3,(H,16,17). The first-order valence-corrected chi connectivity index (χ1v) is 5.39. The zero-order valence-electron chi connectivity index (χ0n) is 9.62. The van der Waals surface area contributed by atoms with E-state index < -0.39 is 5.97 Å². The first-order chi connectivity index (χ1) is 8.66. The minimum atomic E-state index is -0.951. The highest BCUT2D eigenvalue weighted by Gasteiger charge is 2.12. The highest BCUT2D eigenvalue weighted by molar-refractivity contribution is 5.93. The third-order valence-electron chi connectivity index (χ3n) is 2.91. The molecule has 90 valence electrons. The van der Waals surface area contributed by atoms with Crippen LogP contribution in [0.15, 0.2) is 41.2 Å². The van der Waals surface area contributed by atoms with Crippen molar-refractivity contribution in [1.82, 2.24) is 9.55 Å². The Morgan fingerprint density at radius 3 is 2.89 bits per heavy atom. The summed E-state index contributed by atoms with van der Waals surface area (Å²) in [6, 6.07) is 6.72. The van der Waals surface area contributed by atoms with E-state index in [2.05, 4.69) is 4.98 Å². The molecule has 0 spiro atoms. The van der Waals surface area contributed by atoms with Crippen LogP contribution < -0.4 is 0 Å². The van der Waals surface area contributed by atoms with Crippen LogP contribution in [0.4, 0.5) is 0 Å². The minimum Gasteiger partial charge on any atom is -0.478 e. The van der Waals surface area contributed by atoms with Crippen molar-refractivity contribution in [2.45, 2.75) is 0 Å². The molecule has 18 heavy (non-hydrogen) atoms. The van der Waals surface area contributed by atoms with Gasteiger partial charge in [0.2, 0.25) is 0 Å². The molecule has 0 bridgehead atoms. The summed E-state index contributed by atoms with van der Waals surface area (Å²) in [6.45, 7) is 0. The molecule has 3 aromatic rings. The van der Waals surface area contributed by atoms with Gasteiger partial charge in [-0.1, -0.05) is 0 Å². The molecule has 0 fully saturated rings. The van der Waals surface area contributed by atoms with Gasteiger partial charge in [-0.05, 0) is 24.3 Å². The number of rotatable bonds is 2. The summed E-state index contributed by atoms with van der Waals surface area (Å²) >= 11 is 0. The Hall–Kier alpha value is -2.56. The van der Waals surface area contributed by atoms with Crippen molar-refractivity contribution in [3.05, 3.63) is 42.4 Å². The number of fused-ring (bicyclic) bond motifs is 1. The molecule has 1 N–H and O–H groups in total. The van der Waals surface area contributed by atoms with Gasteiger partial charge in [0, 0.05) is 7.05 Å². The molecular formula is C13H10N2O3. The van der Waals surface area contributed by atoms with Crippen molar-refractivity contribution >= 4 is 17.0 Å². The lowest BCUT2D eigenvalue weighted by Crippen LogP contribution is -1.95. The second-order valence-corrected chi connectivity index (χ2v) is 4.02. The van der Waals surface area contributed by atoms with Gasteiger partial charge in [-0.15, -0.1) is 0 Å². The van der Waals surface area contributed by atoms with E-state index in [0.717, 1.165) is 16.9 Å². The van der Waals surface area contributed by atoms with E-state index in [4.69, 9.17) is 9.52 Å². The highest BCUT2D eigenvalue weighted by atomic mass is 16.4. The van der Waals surface area contributed by atoms with E-state index in [0.29, 0.717) is 5.52 Å². The third kappa shape index (κ3) is 1.48. The van der Waals surface area contributed by atoms with Gasteiger partial charge in [0.1, 0.15) is 12.1 Å². The van der Waals surface area contributed by atoms with Crippen molar-refractivity contribution in [3.8, 4) is 11.4 Å². The number of aromatic nitrogens is 2. The summed E-state index contributed by atoms with van der Waals surface area (Å²) in [6.07, 6.45) is 3.19. The molecule has 3 rings (SSSR count). The fraction of sp³-hybridized carbons (Fsp3) is 0.0769. The van der Waals surface area contributed by atoms with Crippen LogP contribution in [0.1, 0.15) is 10.4 Å². The molecule has 0 unspecified atom stereocenters. The molecule has 0 aliphatic carbocycles. The minimum absolute atomic E-state index is 0.236. The predicted molar refractivity (Wildman–Crippen MR) is 65.4 cm³/mol. The Morgan fingerprint density at radius 1 is 1.39 bits per heavy atom. The summed E-state index contributed by atoms with van der Waals surface area (Å²) < 4.78 is 6.94. The summed E-state index contributed by atoms with van der Waals surface area (Å²) in [5.41, 5.74) is 2.65. The van der Waals surface area contributed by atoms with Crippen LogP contribution in [-0.4, -0.2) is 20.6 Å². The van der Waals surface area contributed by atoms with Crippen LogP contribution in [-0.2, 0) is 7.05 Å². The zero-order chi connectivity index (χ0) is 12.7. The molecule has 0 radical (unpaired) electrons. The number of furan rings is 1. The van der Waals surface area contributed by atoms with Crippen LogP contribution in [0, 0.1) is 0 Å². The number of carboxylic acid groups (broad SMARTS) is 1. The molecule has 0 saturated heterocycles. The Kier molecular flexibility index (Phi) is 2.19. The second-order valence-electron chi connectivity index (χ2n) is 4.02. The fourth-order valence-corrected chi connectivity index (χ4v) is 1.98. The van der Waals surface area contributed by atoms with Crippen molar-refractivity contribution in [3.63, 3.8) is 0 Å². The fourth-order valence-electron chi connectivity index (χ4n) is 1.98. The van der Waals surface area contributed by atoms with Crippen LogP contribution in [0.5, 0.6) is 0 Å². The smallest absolute Gasteiger partial charge is 0.335 e. The molecule has 2 heterocycles. The van der Waals surface area contributed by atoms with Crippen molar-refractivity contribution in [1.29, 1.82) is 0 Å². The maximum absolute atomic E-state index is 10.9. The Morgan fingerprint density at radius 2 is 2.22 bits per heavy atom. The van der Waals surface area contributed by atoms with Gasteiger partial charge in [0.05, 0.1) is 28.4 Å². The maximum Gasteiger partial charge on any atom is 0.335 e. The topological polar surface area (TPSA) is 68.3 Å². The summed E-state index contributed by atoms with van der Waals surface area (Å²) in [5.74, 6) is -0.200. The quantitative estimate of drug-likeness (QED) is 0.749. The Bertz CT molecular complexity index is 726. The molecule has 1 aromatic carbocycles. The van der Waals surface area contributed by atoms with Gasteiger partial charge in [-0.25, -0.2) is 9.78 Å². The molecular weight excluding hydrogens is 232 g/mol. The van der Waals surface area contributed by atoms with E-state index in [1.165, 1.54) is 0 Å². The van der Waals surface area contributed by atoms with E-state index in [-0.39, 0.29) is 5.56 Å². The predicted octanol–water partition coefficient (Wildman–Crippen LogP) is 2.53. The van der Waals surface area contributed by atoms with Gasteiger partial charge in [-0.2, -0.15) is 0 Å². The lowest BCUT2D eigenvalue weighted by molar-refractivity contribution is 0.0697. The Labute approximate surface area is 102 Å². The Balaban J connectivity index is 2.25. The van der Waals surface area contributed by atoms with Gasteiger partial charge in [0.25, 0.3) is 0 Å². The number of hydrogen-bond donors (Lipinski definition) is 1. The molecule has 5 heteroatoms. The van der Waals surface area contributed by atoms with Gasteiger partial charge >= 0.3 is 5.97 Å². The van der Waals surface area contributed by atoms with Crippen LogP contribution >= 0.6 is 0 Å². The average Bonchev–Trinajstić information content (AvgIpc) is 2.97. The maximum atomic E-state index is 10.9. The van der Waals surface area contributed by atoms with Crippen molar-refractivity contribution in [2.24, 2.45) is 7.05 Å². The summed E-state index contributed by atoms with van der Waals surface area (Å²) in [7, 11) is 1.89. The lowest BCUT2D eigenvalue weighted by Gasteiger charge is -1.98. The monoisotopic (exact) mass is 242 g/mol. The first-order valence-electron chi connectivity index (χ1n) is 5.39. The lowest BCUT2D eigenvalue weighted by atomic mass is 10.2. The first kappa shape index (κ1) is 10.6.